The van der Waals surface area contributed by atoms with Crippen molar-refractivity contribution in [3.8, 4) is 0 Å². The lowest BCUT2D eigenvalue weighted by molar-refractivity contribution is 0.723. The Kier molecular flexibility index (Phi) is 3.51. The number of imidazole rings is 1. The summed E-state index contributed by atoms with van der Waals surface area (Å²) in [5, 5.41) is 3.35. The highest BCUT2D eigenvalue weighted by Gasteiger charge is 2.28. The number of aromatic nitrogens is 4. The van der Waals surface area contributed by atoms with Crippen molar-refractivity contribution in [2.24, 2.45) is 5.84 Å². The molecule has 1 saturated carbocycles. The Balaban J connectivity index is 1.72. The van der Waals surface area contributed by atoms with E-state index in [1.165, 1.54) is 12.8 Å². The standard InChI is InChI=1S/C13H19N7/c1-9-11(16-5-7-20-6-4-15-8-20)17-13(10-2-3-10)18-12(9)19-14/h4,6,8,10H,2-3,5,7,14H2,1H3,(H2,16,17,18,19). The first-order valence-electron chi connectivity index (χ1n) is 6.82. The molecule has 20 heavy (non-hydrogen) atoms. The smallest absolute Gasteiger partial charge is 0.148 e. The van der Waals surface area contributed by atoms with Crippen LogP contribution in [0, 0.1) is 6.92 Å². The molecule has 0 radical (unpaired) electrons. The lowest BCUT2D eigenvalue weighted by Crippen LogP contribution is -2.16. The number of hydrogen-bond donors (Lipinski definition) is 3. The van der Waals surface area contributed by atoms with Crippen LogP contribution in [0.2, 0.25) is 0 Å². The lowest BCUT2D eigenvalue weighted by Gasteiger charge is -2.13. The normalized spacial score (nSPS) is 14.3. The Bertz CT molecular complexity index is 575. The number of rotatable bonds is 6. The molecular weight excluding hydrogens is 254 g/mol. The number of nitrogens with zero attached hydrogens (tertiary/aromatic N) is 4. The molecule has 0 spiro atoms. The van der Waals surface area contributed by atoms with Gasteiger partial charge in [0.1, 0.15) is 17.5 Å². The van der Waals surface area contributed by atoms with Gasteiger partial charge in [-0.05, 0) is 19.8 Å². The predicted octanol–water partition coefficient (Wildman–Crippen LogP) is 1.26. The van der Waals surface area contributed by atoms with Crippen molar-refractivity contribution in [3.63, 3.8) is 0 Å². The van der Waals surface area contributed by atoms with Crippen molar-refractivity contribution in [1.29, 1.82) is 0 Å². The van der Waals surface area contributed by atoms with Gasteiger partial charge < -0.3 is 15.3 Å². The maximum Gasteiger partial charge on any atom is 0.148 e. The molecule has 1 aliphatic rings. The summed E-state index contributed by atoms with van der Waals surface area (Å²) in [6.07, 6.45) is 7.86. The minimum atomic E-state index is 0.497. The Morgan fingerprint density at radius 1 is 1.35 bits per heavy atom. The van der Waals surface area contributed by atoms with Crippen LogP contribution in [0.15, 0.2) is 18.7 Å². The molecule has 1 fully saturated rings. The van der Waals surface area contributed by atoms with Crippen LogP contribution in [0.25, 0.3) is 0 Å². The van der Waals surface area contributed by atoms with Gasteiger partial charge in [-0.15, -0.1) is 0 Å². The molecule has 0 aliphatic heterocycles. The van der Waals surface area contributed by atoms with Gasteiger partial charge in [0, 0.05) is 37.0 Å². The van der Waals surface area contributed by atoms with Gasteiger partial charge in [-0.25, -0.2) is 20.8 Å². The fourth-order valence-electron chi connectivity index (χ4n) is 2.09. The van der Waals surface area contributed by atoms with Crippen LogP contribution in [0.4, 0.5) is 11.6 Å². The second-order valence-electron chi connectivity index (χ2n) is 5.05. The highest BCUT2D eigenvalue weighted by atomic mass is 15.3. The third kappa shape index (κ3) is 2.72. The Morgan fingerprint density at radius 3 is 2.80 bits per heavy atom. The van der Waals surface area contributed by atoms with Crippen molar-refractivity contribution in [2.45, 2.75) is 32.2 Å². The van der Waals surface area contributed by atoms with Crippen molar-refractivity contribution in [2.75, 3.05) is 17.3 Å². The van der Waals surface area contributed by atoms with Gasteiger partial charge in [0.25, 0.3) is 0 Å². The van der Waals surface area contributed by atoms with E-state index in [0.717, 1.165) is 30.3 Å². The summed E-state index contributed by atoms with van der Waals surface area (Å²) in [6, 6.07) is 0. The largest absolute Gasteiger partial charge is 0.368 e. The summed E-state index contributed by atoms with van der Waals surface area (Å²) < 4.78 is 2.02. The monoisotopic (exact) mass is 273 g/mol. The molecule has 7 nitrogen and oxygen atoms in total. The van der Waals surface area contributed by atoms with Gasteiger partial charge in [0.15, 0.2) is 0 Å². The fourth-order valence-corrected chi connectivity index (χ4v) is 2.09. The average Bonchev–Trinajstić information content (AvgIpc) is 3.18. The molecule has 0 bridgehead atoms. The van der Waals surface area contributed by atoms with Crippen molar-refractivity contribution >= 4 is 11.6 Å². The van der Waals surface area contributed by atoms with Crippen LogP contribution >= 0.6 is 0 Å². The topological polar surface area (TPSA) is 93.7 Å². The summed E-state index contributed by atoms with van der Waals surface area (Å²) >= 11 is 0. The quantitative estimate of drug-likeness (QED) is 0.542. The molecule has 0 saturated heterocycles. The molecule has 0 atom stereocenters. The molecule has 0 amide bonds. The van der Waals surface area contributed by atoms with Crippen LogP contribution in [-0.2, 0) is 6.54 Å². The van der Waals surface area contributed by atoms with E-state index in [1.807, 2.05) is 17.7 Å². The summed E-state index contributed by atoms with van der Waals surface area (Å²) in [5.74, 6) is 8.47. The first-order valence-corrected chi connectivity index (χ1v) is 6.82. The van der Waals surface area contributed by atoms with E-state index in [-0.39, 0.29) is 0 Å². The first kappa shape index (κ1) is 12.9. The van der Waals surface area contributed by atoms with Crippen molar-refractivity contribution in [1.82, 2.24) is 19.5 Å². The van der Waals surface area contributed by atoms with E-state index < -0.39 is 0 Å². The van der Waals surface area contributed by atoms with Crippen LogP contribution in [0.1, 0.15) is 30.1 Å². The van der Waals surface area contributed by atoms with Crippen molar-refractivity contribution < 1.29 is 0 Å². The molecule has 7 heteroatoms. The number of anilines is 2. The summed E-state index contributed by atoms with van der Waals surface area (Å²) in [4.78, 5) is 13.1. The predicted molar refractivity (Wildman–Crippen MR) is 77.3 cm³/mol. The Labute approximate surface area is 117 Å². The Morgan fingerprint density at radius 2 is 2.15 bits per heavy atom. The number of hydrogen-bond acceptors (Lipinski definition) is 6. The van der Waals surface area contributed by atoms with E-state index in [1.54, 1.807) is 12.5 Å². The molecule has 1 aliphatic carbocycles. The van der Waals surface area contributed by atoms with Gasteiger partial charge in [-0.3, -0.25) is 0 Å². The minimum absolute atomic E-state index is 0.497. The van der Waals surface area contributed by atoms with Crippen LogP contribution in [0.5, 0.6) is 0 Å². The highest BCUT2D eigenvalue weighted by molar-refractivity contribution is 5.57. The van der Waals surface area contributed by atoms with E-state index in [0.29, 0.717) is 11.7 Å². The zero-order valence-corrected chi connectivity index (χ0v) is 11.5. The molecule has 106 valence electrons. The maximum absolute atomic E-state index is 5.53. The van der Waals surface area contributed by atoms with E-state index in [4.69, 9.17) is 5.84 Å². The van der Waals surface area contributed by atoms with Crippen LogP contribution < -0.4 is 16.6 Å². The molecule has 2 heterocycles. The number of nitrogens with two attached hydrogens (primary N) is 1. The lowest BCUT2D eigenvalue weighted by atomic mass is 10.3. The van der Waals surface area contributed by atoms with E-state index in [9.17, 15) is 0 Å². The summed E-state index contributed by atoms with van der Waals surface area (Å²) in [7, 11) is 0. The van der Waals surface area contributed by atoms with Gasteiger partial charge in [-0.1, -0.05) is 0 Å². The maximum atomic E-state index is 5.53. The second kappa shape index (κ2) is 5.46. The van der Waals surface area contributed by atoms with Crippen LogP contribution in [0.3, 0.4) is 0 Å². The van der Waals surface area contributed by atoms with Gasteiger partial charge >= 0.3 is 0 Å². The van der Waals surface area contributed by atoms with Crippen LogP contribution in [-0.4, -0.2) is 26.1 Å². The van der Waals surface area contributed by atoms with Gasteiger partial charge in [0.05, 0.1) is 6.33 Å². The number of nitrogens with one attached hydrogen (secondary N) is 2. The zero-order valence-electron chi connectivity index (χ0n) is 11.5. The van der Waals surface area contributed by atoms with Crippen molar-refractivity contribution in [3.05, 3.63) is 30.1 Å². The zero-order chi connectivity index (χ0) is 13.9. The van der Waals surface area contributed by atoms with Gasteiger partial charge in [-0.2, -0.15) is 0 Å². The third-order valence-electron chi connectivity index (χ3n) is 3.46. The fraction of sp³-hybridized carbons (Fsp3) is 0.462. The molecular formula is C13H19N7. The molecule has 3 rings (SSSR count). The molecule has 0 aromatic carbocycles. The molecule has 2 aromatic rings. The van der Waals surface area contributed by atoms with E-state index in [2.05, 4.69) is 25.7 Å². The summed E-state index contributed by atoms with van der Waals surface area (Å²) in [6.45, 7) is 3.58. The summed E-state index contributed by atoms with van der Waals surface area (Å²) in [5.41, 5.74) is 3.60. The number of hydrazine groups is 1. The van der Waals surface area contributed by atoms with Gasteiger partial charge in [0.2, 0.25) is 0 Å². The molecule has 4 N–H and O–H groups in total. The minimum Gasteiger partial charge on any atom is -0.368 e. The average molecular weight is 273 g/mol. The second-order valence-corrected chi connectivity index (χ2v) is 5.05. The van der Waals surface area contributed by atoms with E-state index >= 15 is 0 Å². The first-order chi connectivity index (χ1) is 9.78. The molecule has 0 unspecified atom stereocenters. The Hall–Kier alpha value is -2.15. The third-order valence-corrected chi connectivity index (χ3v) is 3.46. The SMILES string of the molecule is Cc1c(NN)nc(C2CC2)nc1NCCn1ccnc1. The number of nitrogen functional groups attached to an aromatic ring is 1. The highest BCUT2D eigenvalue weighted by Crippen LogP contribution is 2.39. The molecule has 2 aromatic heterocycles.